The Morgan fingerprint density at radius 3 is 2.43 bits per heavy atom. The zero-order chi connectivity index (χ0) is 29.9. The molecule has 2 heterocycles. The van der Waals surface area contributed by atoms with Crippen LogP contribution in [0.2, 0.25) is 0 Å². The molecule has 0 spiro atoms. The zero-order valence-electron chi connectivity index (χ0n) is 23.2. The molecular formula is C29H30N6O5S2. The van der Waals surface area contributed by atoms with E-state index in [2.05, 4.69) is 36.9 Å². The smallest absolute Gasteiger partial charge is 0.341 e. The molecule has 42 heavy (non-hydrogen) atoms. The largest absolute Gasteiger partial charge is 0.507 e. The van der Waals surface area contributed by atoms with Gasteiger partial charge in [0.1, 0.15) is 27.8 Å². The minimum absolute atomic E-state index is 0.0928. The highest BCUT2D eigenvalue weighted by Gasteiger charge is 2.13. The fourth-order valence-corrected chi connectivity index (χ4v) is 5.52. The van der Waals surface area contributed by atoms with E-state index in [1.54, 1.807) is 6.07 Å². The highest BCUT2D eigenvalue weighted by atomic mass is 32.1. The second-order valence-electron chi connectivity index (χ2n) is 8.81. The average molecular weight is 607 g/mol. The van der Waals surface area contributed by atoms with Crippen molar-refractivity contribution >= 4 is 71.3 Å². The molecule has 0 aliphatic rings. The number of fused-ring (bicyclic) bond motifs is 1. The van der Waals surface area contributed by atoms with E-state index in [1.807, 2.05) is 44.2 Å². The van der Waals surface area contributed by atoms with E-state index in [1.165, 1.54) is 34.8 Å². The predicted octanol–water partition coefficient (Wildman–Crippen LogP) is 8.41. The van der Waals surface area contributed by atoms with Gasteiger partial charge in [0.05, 0.1) is 29.2 Å². The van der Waals surface area contributed by atoms with E-state index in [9.17, 15) is 14.7 Å². The number of carbonyl (C=O) groups excluding carboxylic acids is 2. The van der Waals surface area contributed by atoms with E-state index in [-0.39, 0.29) is 17.9 Å². The van der Waals surface area contributed by atoms with Crippen LogP contribution in [0.1, 0.15) is 37.0 Å². The SMILES string of the molecule is C=CC(=O)OCCN(CC)c1ccc(N=Nc2nc3sc(N=Nc4ccc(C(=O)OCCCC)c(O)c4)cc3s2)cc1. The number of azo groups is 2. The van der Waals surface area contributed by atoms with E-state index in [0.29, 0.717) is 34.7 Å². The number of ether oxygens (including phenoxy) is 2. The average Bonchev–Trinajstić information content (AvgIpc) is 3.56. The number of hydrogen-bond donors (Lipinski definition) is 1. The molecule has 0 unspecified atom stereocenters. The van der Waals surface area contributed by atoms with Crippen LogP contribution in [0.3, 0.4) is 0 Å². The van der Waals surface area contributed by atoms with Crippen LogP contribution in [0.5, 0.6) is 5.75 Å². The molecule has 1 N–H and O–H groups in total. The molecular weight excluding hydrogens is 576 g/mol. The van der Waals surface area contributed by atoms with Gasteiger partial charge in [-0.1, -0.05) is 42.6 Å². The third-order valence-corrected chi connectivity index (χ3v) is 7.81. The van der Waals surface area contributed by atoms with Gasteiger partial charge in [-0.25, -0.2) is 14.6 Å². The van der Waals surface area contributed by atoms with Crippen molar-refractivity contribution in [3.63, 3.8) is 0 Å². The van der Waals surface area contributed by atoms with Gasteiger partial charge in [0.25, 0.3) is 0 Å². The summed E-state index contributed by atoms with van der Waals surface area (Å²) in [6.45, 7) is 9.34. The predicted molar refractivity (Wildman–Crippen MR) is 165 cm³/mol. The lowest BCUT2D eigenvalue weighted by Gasteiger charge is -2.22. The van der Waals surface area contributed by atoms with E-state index in [4.69, 9.17) is 9.47 Å². The molecule has 0 saturated heterocycles. The zero-order valence-corrected chi connectivity index (χ0v) is 24.9. The highest BCUT2D eigenvalue weighted by Crippen LogP contribution is 2.39. The molecule has 0 aliphatic carbocycles. The summed E-state index contributed by atoms with van der Waals surface area (Å²) in [5.41, 5.74) is 2.17. The Morgan fingerprint density at radius 2 is 1.74 bits per heavy atom. The van der Waals surface area contributed by atoms with E-state index < -0.39 is 11.9 Å². The number of unbranched alkanes of at least 4 members (excludes halogenated alkanes) is 1. The number of carbonyl (C=O) groups is 2. The third-order valence-electron chi connectivity index (χ3n) is 5.88. The fraction of sp³-hybridized carbons (Fsp3) is 0.276. The Labute approximate surface area is 250 Å². The van der Waals surface area contributed by atoms with Crippen molar-refractivity contribution in [1.82, 2.24) is 4.98 Å². The third kappa shape index (κ3) is 8.27. The summed E-state index contributed by atoms with van der Waals surface area (Å²) >= 11 is 2.75. The maximum atomic E-state index is 12.1. The van der Waals surface area contributed by atoms with Crippen molar-refractivity contribution in [2.24, 2.45) is 20.5 Å². The lowest BCUT2D eigenvalue weighted by Crippen LogP contribution is -2.27. The number of phenols is 1. The van der Waals surface area contributed by atoms with Gasteiger partial charge in [-0.2, -0.15) is 0 Å². The Balaban J connectivity index is 1.34. The van der Waals surface area contributed by atoms with Crippen LogP contribution in [0.4, 0.5) is 27.2 Å². The van der Waals surface area contributed by atoms with Gasteiger partial charge in [-0.15, -0.1) is 20.5 Å². The van der Waals surface area contributed by atoms with E-state index in [0.717, 1.165) is 40.7 Å². The second-order valence-corrected chi connectivity index (χ2v) is 10.8. The standard InChI is InChI=1S/C29H30N6O5S2/c1-4-7-15-40-28(38)22-13-10-20(17-23(22)36)32-33-25-18-24-27(42-25)30-29(41-24)34-31-19-8-11-21(12-9-19)35(6-3)14-16-39-26(37)5-2/h5,8-13,17-18,36H,2,4,6-7,14-16H2,1,3H3. The molecule has 0 atom stereocenters. The normalized spacial score (nSPS) is 11.4. The maximum absolute atomic E-state index is 12.1. The molecule has 13 heteroatoms. The molecule has 0 radical (unpaired) electrons. The number of rotatable bonds is 14. The molecule has 11 nitrogen and oxygen atoms in total. The summed E-state index contributed by atoms with van der Waals surface area (Å²) in [5, 5.41) is 28.4. The van der Waals surface area contributed by atoms with Crippen molar-refractivity contribution in [2.75, 3.05) is 31.2 Å². The lowest BCUT2D eigenvalue weighted by molar-refractivity contribution is -0.137. The van der Waals surface area contributed by atoms with Crippen LogP contribution in [0.25, 0.3) is 9.53 Å². The quantitative estimate of drug-likeness (QED) is 0.0658. The number of hydrogen-bond acceptors (Lipinski definition) is 13. The highest BCUT2D eigenvalue weighted by molar-refractivity contribution is 7.30. The monoisotopic (exact) mass is 606 g/mol. The van der Waals surface area contributed by atoms with Crippen molar-refractivity contribution in [1.29, 1.82) is 0 Å². The minimum Gasteiger partial charge on any atom is -0.507 e. The van der Waals surface area contributed by atoms with Crippen LogP contribution in [-0.4, -0.2) is 48.3 Å². The van der Waals surface area contributed by atoms with Crippen molar-refractivity contribution in [3.8, 4) is 5.75 Å². The number of benzene rings is 2. The lowest BCUT2D eigenvalue weighted by atomic mass is 10.2. The fourth-order valence-electron chi connectivity index (χ4n) is 3.67. The minimum atomic E-state index is -0.567. The number of nitrogens with zero attached hydrogens (tertiary/aromatic N) is 6. The van der Waals surface area contributed by atoms with Gasteiger partial charge >= 0.3 is 11.9 Å². The summed E-state index contributed by atoms with van der Waals surface area (Å²) in [4.78, 5) is 30.7. The molecule has 4 rings (SSSR count). The topological polar surface area (TPSA) is 138 Å². The number of phenolic OH excluding ortho intramolecular Hbond substituents is 1. The first-order valence-electron chi connectivity index (χ1n) is 13.3. The van der Waals surface area contributed by atoms with Gasteiger partial charge in [-0.3, -0.25) is 0 Å². The number of thiazole rings is 1. The van der Waals surface area contributed by atoms with Gasteiger partial charge in [0, 0.05) is 24.4 Å². The van der Waals surface area contributed by atoms with Gasteiger partial charge in [0.15, 0.2) is 0 Å². The van der Waals surface area contributed by atoms with Crippen molar-refractivity contribution < 1.29 is 24.2 Å². The summed E-state index contributed by atoms with van der Waals surface area (Å²) in [6, 6.07) is 13.9. The molecule has 218 valence electrons. The Kier molecular flexibility index (Phi) is 10.8. The van der Waals surface area contributed by atoms with Crippen LogP contribution in [0.15, 0.2) is 81.6 Å². The Bertz CT molecular complexity index is 1560. The maximum Gasteiger partial charge on any atom is 0.341 e. The molecule has 0 bridgehead atoms. The van der Waals surface area contributed by atoms with Crippen LogP contribution < -0.4 is 4.90 Å². The molecule has 0 fully saturated rings. The Hall–Kier alpha value is -4.49. The number of thiophene rings is 1. The summed E-state index contributed by atoms with van der Waals surface area (Å²) in [6.07, 6.45) is 2.83. The summed E-state index contributed by atoms with van der Waals surface area (Å²) in [5.74, 6) is -1.21. The second kappa shape index (κ2) is 14.9. The molecule has 2 aromatic heterocycles. The first-order valence-corrected chi connectivity index (χ1v) is 14.9. The molecule has 0 amide bonds. The van der Waals surface area contributed by atoms with Gasteiger partial charge in [-0.05, 0) is 55.8 Å². The van der Waals surface area contributed by atoms with Crippen molar-refractivity contribution in [2.45, 2.75) is 26.7 Å². The number of anilines is 1. The van der Waals surface area contributed by atoms with E-state index >= 15 is 0 Å². The molecule has 0 saturated carbocycles. The van der Waals surface area contributed by atoms with Crippen molar-refractivity contribution in [3.05, 3.63) is 66.7 Å². The molecule has 2 aromatic carbocycles. The number of esters is 2. The van der Waals surface area contributed by atoms with Crippen LogP contribution in [-0.2, 0) is 14.3 Å². The number of likely N-dealkylation sites (N-methyl/N-ethyl adjacent to an activating group) is 1. The first-order chi connectivity index (χ1) is 20.4. The van der Waals surface area contributed by atoms with Gasteiger partial charge in [0.2, 0.25) is 5.13 Å². The van der Waals surface area contributed by atoms with Gasteiger partial charge < -0.3 is 19.5 Å². The number of aromatic hydroxyl groups is 1. The molecule has 4 aromatic rings. The van der Waals surface area contributed by atoms with Crippen LogP contribution in [0, 0.1) is 0 Å². The number of aromatic nitrogens is 1. The summed E-state index contributed by atoms with van der Waals surface area (Å²) < 4.78 is 11.1. The molecule has 0 aliphatic heterocycles. The van der Waals surface area contributed by atoms with Crippen LogP contribution >= 0.6 is 22.7 Å². The summed E-state index contributed by atoms with van der Waals surface area (Å²) in [7, 11) is 0. The Morgan fingerprint density at radius 1 is 0.976 bits per heavy atom. The first kappa shape index (κ1) is 30.5.